The number of aromatic nitrogens is 1. The van der Waals surface area contributed by atoms with Gasteiger partial charge in [-0.05, 0) is 55.5 Å². The van der Waals surface area contributed by atoms with Gasteiger partial charge in [-0.15, -0.1) is 11.3 Å². The van der Waals surface area contributed by atoms with Crippen LogP contribution in [0.5, 0.6) is 0 Å². The monoisotopic (exact) mass is 592 g/mol. The van der Waals surface area contributed by atoms with Crippen LogP contribution in [0.15, 0.2) is 93.4 Å². The lowest BCUT2D eigenvalue weighted by Gasteiger charge is -2.15. The van der Waals surface area contributed by atoms with Gasteiger partial charge in [0, 0.05) is 26.7 Å². The van der Waals surface area contributed by atoms with Gasteiger partial charge in [0.25, 0.3) is 17.7 Å². The summed E-state index contributed by atoms with van der Waals surface area (Å²) in [6.45, 7) is 1.91. The minimum Gasteiger partial charge on any atom is -0.350 e. The Bertz CT molecular complexity index is 1550. The fraction of sp³-hybridized carbons (Fsp3) is 0.0370. The van der Waals surface area contributed by atoms with Gasteiger partial charge < -0.3 is 5.32 Å². The Balaban J connectivity index is 1.25. The zero-order chi connectivity index (χ0) is 26.1. The number of aryl methyl sites for hydroxylation is 1. The van der Waals surface area contributed by atoms with Crippen molar-refractivity contribution in [2.24, 2.45) is 0 Å². The van der Waals surface area contributed by atoms with Crippen molar-refractivity contribution in [3.8, 4) is 11.3 Å². The molecule has 0 spiro atoms. The highest BCUT2D eigenvalue weighted by Gasteiger charge is 2.38. The SMILES string of the molecule is Cc1ccc(N2C(=O)C(Cl)=C(Nc3ccc(C(=O)Nc4nc(-c5ccc(Br)cc5)cs4)cc3)C2=O)cc1. The molecule has 1 aliphatic heterocycles. The maximum absolute atomic E-state index is 12.9. The molecule has 0 saturated heterocycles. The quantitative estimate of drug-likeness (QED) is 0.247. The second-order valence-corrected chi connectivity index (χ2v) is 10.3. The van der Waals surface area contributed by atoms with E-state index in [0.717, 1.165) is 26.2 Å². The Labute approximate surface area is 229 Å². The molecule has 0 bridgehead atoms. The van der Waals surface area contributed by atoms with Gasteiger partial charge in [0.2, 0.25) is 0 Å². The van der Waals surface area contributed by atoms with E-state index in [4.69, 9.17) is 11.6 Å². The molecule has 2 heterocycles. The first-order chi connectivity index (χ1) is 17.8. The van der Waals surface area contributed by atoms with Gasteiger partial charge in [-0.3, -0.25) is 19.7 Å². The van der Waals surface area contributed by atoms with Crippen LogP contribution in [-0.4, -0.2) is 22.7 Å². The highest BCUT2D eigenvalue weighted by Crippen LogP contribution is 2.31. The summed E-state index contributed by atoms with van der Waals surface area (Å²) >= 11 is 11.0. The number of halogens is 2. The molecule has 7 nitrogen and oxygen atoms in total. The van der Waals surface area contributed by atoms with Crippen LogP contribution in [0, 0.1) is 6.92 Å². The van der Waals surface area contributed by atoms with Crippen LogP contribution in [0.2, 0.25) is 0 Å². The molecule has 1 aliphatic rings. The molecule has 5 rings (SSSR count). The number of benzene rings is 3. The summed E-state index contributed by atoms with van der Waals surface area (Å²) in [4.78, 5) is 43.8. The molecular formula is C27H18BrClN4O3S. The Morgan fingerprint density at radius 3 is 2.30 bits per heavy atom. The first-order valence-electron chi connectivity index (χ1n) is 11.1. The van der Waals surface area contributed by atoms with Crippen molar-refractivity contribution in [2.45, 2.75) is 6.92 Å². The van der Waals surface area contributed by atoms with Crippen molar-refractivity contribution in [3.05, 3.63) is 105 Å². The van der Waals surface area contributed by atoms with Crippen LogP contribution < -0.4 is 15.5 Å². The minimum absolute atomic E-state index is 0.0206. The molecular weight excluding hydrogens is 576 g/mol. The smallest absolute Gasteiger partial charge is 0.283 e. The average Bonchev–Trinajstić information content (AvgIpc) is 3.44. The number of hydrogen-bond acceptors (Lipinski definition) is 6. The largest absolute Gasteiger partial charge is 0.350 e. The summed E-state index contributed by atoms with van der Waals surface area (Å²) < 4.78 is 0.976. The van der Waals surface area contributed by atoms with Crippen molar-refractivity contribution >= 4 is 73.1 Å². The number of carbonyl (C=O) groups excluding carboxylic acids is 3. The Hall–Kier alpha value is -3.79. The molecule has 0 fully saturated rings. The number of carbonyl (C=O) groups is 3. The summed E-state index contributed by atoms with van der Waals surface area (Å²) in [5, 5.41) is 7.88. The molecule has 184 valence electrons. The lowest BCUT2D eigenvalue weighted by Crippen LogP contribution is -2.32. The Kier molecular flexibility index (Phi) is 6.92. The summed E-state index contributed by atoms with van der Waals surface area (Å²) in [6.07, 6.45) is 0. The standard InChI is InChI=1S/C27H18BrClN4O3S/c1-15-2-12-20(13-3-15)33-25(35)22(29)23(26(33)36)30-19-10-6-17(7-11-19)24(34)32-27-31-21(14-37-27)16-4-8-18(28)9-5-16/h2-14,30H,1H3,(H,31,32,34). The zero-order valence-electron chi connectivity index (χ0n) is 19.3. The number of imide groups is 1. The van der Waals surface area contributed by atoms with Crippen LogP contribution in [0.3, 0.4) is 0 Å². The molecule has 10 heteroatoms. The van der Waals surface area contributed by atoms with Crippen molar-refractivity contribution < 1.29 is 14.4 Å². The highest BCUT2D eigenvalue weighted by molar-refractivity contribution is 9.10. The third-order valence-electron chi connectivity index (χ3n) is 5.60. The van der Waals surface area contributed by atoms with Gasteiger partial charge in [0.05, 0.1) is 11.4 Å². The van der Waals surface area contributed by atoms with E-state index in [0.29, 0.717) is 22.1 Å². The maximum Gasteiger partial charge on any atom is 0.283 e. The van der Waals surface area contributed by atoms with Crippen molar-refractivity contribution in [2.75, 3.05) is 15.5 Å². The molecule has 0 aliphatic carbocycles. The third kappa shape index (κ3) is 5.20. The lowest BCUT2D eigenvalue weighted by molar-refractivity contribution is -0.120. The van der Waals surface area contributed by atoms with Crippen molar-refractivity contribution in [1.82, 2.24) is 4.98 Å². The molecule has 0 radical (unpaired) electrons. The van der Waals surface area contributed by atoms with Crippen molar-refractivity contribution in [3.63, 3.8) is 0 Å². The van der Waals surface area contributed by atoms with Gasteiger partial charge >= 0.3 is 0 Å². The fourth-order valence-corrected chi connectivity index (χ4v) is 4.83. The highest BCUT2D eigenvalue weighted by atomic mass is 79.9. The maximum atomic E-state index is 12.9. The van der Waals surface area contributed by atoms with Crippen LogP contribution in [-0.2, 0) is 9.59 Å². The normalized spacial score (nSPS) is 13.3. The first kappa shape index (κ1) is 24.9. The number of hydrogen-bond donors (Lipinski definition) is 2. The van der Waals surface area contributed by atoms with E-state index in [1.165, 1.54) is 11.3 Å². The summed E-state index contributed by atoms with van der Waals surface area (Å²) in [5.74, 6) is -1.47. The first-order valence-corrected chi connectivity index (χ1v) is 13.1. The average molecular weight is 594 g/mol. The van der Waals surface area contributed by atoms with Gasteiger partial charge in [0.1, 0.15) is 10.7 Å². The molecule has 0 unspecified atom stereocenters. The molecule has 0 saturated carbocycles. The predicted octanol–water partition coefficient (Wildman–Crippen LogP) is 6.57. The number of anilines is 3. The van der Waals surface area contributed by atoms with E-state index in [9.17, 15) is 14.4 Å². The molecule has 0 atom stereocenters. The molecule has 1 aromatic heterocycles. The number of thiazole rings is 1. The number of rotatable bonds is 6. The van der Waals surface area contributed by atoms with Gasteiger partial charge in [-0.2, -0.15) is 0 Å². The van der Waals surface area contributed by atoms with Gasteiger partial charge in [-0.25, -0.2) is 9.88 Å². The number of nitrogens with one attached hydrogen (secondary N) is 2. The molecule has 2 N–H and O–H groups in total. The topological polar surface area (TPSA) is 91.4 Å². The van der Waals surface area contributed by atoms with Crippen LogP contribution >= 0.6 is 38.9 Å². The zero-order valence-corrected chi connectivity index (χ0v) is 22.4. The van der Waals surface area contributed by atoms with E-state index in [-0.39, 0.29) is 16.6 Å². The summed E-state index contributed by atoms with van der Waals surface area (Å²) in [7, 11) is 0. The van der Waals surface area contributed by atoms with E-state index in [2.05, 4.69) is 31.5 Å². The lowest BCUT2D eigenvalue weighted by atomic mass is 10.2. The van der Waals surface area contributed by atoms with Crippen molar-refractivity contribution in [1.29, 1.82) is 0 Å². The minimum atomic E-state index is -0.597. The fourth-order valence-electron chi connectivity index (χ4n) is 3.64. The van der Waals surface area contributed by atoms with Crippen LogP contribution in [0.4, 0.5) is 16.5 Å². The molecule has 3 amide bonds. The summed E-state index contributed by atoms with van der Waals surface area (Å²) in [6, 6.07) is 21.2. The van der Waals surface area contributed by atoms with E-state index >= 15 is 0 Å². The van der Waals surface area contributed by atoms with E-state index < -0.39 is 11.8 Å². The van der Waals surface area contributed by atoms with E-state index in [1.807, 2.05) is 48.7 Å². The second kappa shape index (κ2) is 10.3. The molecule has 4 aromatic rings. The number of nitrogens with zero attached hydrogens (tertiary/aromatic N) is 2. The Morgan fingerprint density at radius 1 is 0.946 bits per heavy atom. The van der Waals surface area contributed by atoms with Crippen LogP contribution in [0.25, 0.3) is 11.3 Å². The predicted molar refractivity (Wildman–Crippen MR) is 150 cm³/mol. The third-order valence-corrected chi connectivity index (χ3v) is 7.24. The van der Waals surface area contributed by atoms with Gasteiger partial charge in [-0.1, -0.05) is 57.4 Å². The second-order valence-electron chi connectivity index (χ2n) is 8.17. The van der Waals surface area contributed by atoms with Gasteiger partial charge in [0.15, 0.2) is 5.13 Å². The molecule has 37 heavy (non-hydrogen) atoms. The number of amides is 3. The van der Waals surface area contributed by atoms with E-state index in [1.54, 1.807) is 36.4 Å². The Morgan fingerprint density at radius 2 is 1.62 bits per heavy atom. The summed E-state index contributed by atoms with van der Waals surface area (Å²) in [5.41, 5.74) is 4.05. The molecule has 3 aromatic carbocycles. The van der Waals surface area contributed by atoms with Crippen LogP contribution in [0.1, 0.15) is 15.9 Å².